The van der Waals surface area contributed by atoms with Crippen LogP contribution in [0, 0.1) is 0 Å². The zero-order valence-electron chi connectivity index (χ0n) is 34.9. The van der Waals surface area contributed by atoms with Crippen LogP contribution in [0.4, 0.5) is 0 Å². The molecular weight excluding hydrogens is 761 g/mol. The maximum atomic E-state index is 9.10. The Morgan fingerprint density at radius 2 is 0.944 bits per heavy atom. The first-order valence-electron chi connectivity index (χ1n) is 17.7. The molecular formula is C38H66B3BrO12. The lowest BCUT2D eigenvalue weighted by atomic mass is 9.79. The summed E-state index contributed by atoms with van der Waals surface area (Å²) in [7, 11) is 10.8. The van der Waals surface area contributed by atoms with E-state index in [1.54, 1.807) is 69.6 Å². The summed E-state index contributed by atoms with van der Waals surface area (Å²) in [5.41, 5.74) is -3.90. The molecule has 0 bridgehead atoms. The molecule has 1 saturated heterocycles. The zero-order valence-corrected chi connectivity index (χ0v) is 36.5. The molecule has 3 rings (SSSR count). The van der Waals surface area contributed by atoms with Gasteiger partial charge in [-0.1, -0.05) is 22.0 Å². The number of methoxy groups -OCH3 is 2. The van der Waals surface area contributed by atoms with Crippen LogP contribution in [0.1, 0.15) is 95.9 Å². The summed E-state index contributed by atoms with van der Waals surface area (Å²) in [5, 5.41) is 53.9. The van der Waals surface area contributed by atoms with Crippen LogP contribution in [0.2, 0.25) is 0 Å². The third kappa shape index (κ3) is 19.2. The Bertz CT molecular complexity index is 1250. The molecule has 6 N–H and O–H groups in total. The molecule has 2 aromatic carbocycles. The summed E-state index contributed by atoms with van der Waals surface area (Å²) >= 11 is 3.35. The fourth-order valence-corrected chi connectivity index (χ4v) is 3.53. The molecule has 0 aromatic heterocycles. The molecule has 0 aliphatic carbocycles. The molecule has 0 unspecified atom stereocenters. The molecule has 1 heterocycles. The molecule has 0 atom stereocenters. The Morgan fingerprint density at radius 1 is 0.611 bits per heavy atom. The number of aliphatic hydroxyl groups excluding tert-OH is 2. The third-order valence-electron chi connectivity index (χ3n) is 8.95. The lowest BCUT2D eigenvalue weighted by molar-refractivity contribution is -0.107. The fourth-order valence-electron chi connectivity index (χ4n) is 3.19. The highest BCUT2D eigenvalue weighted by Gasteiger charge is 2.51. The van der Waals surface area contributed by atoms with Gasteiger partial charge in [0, 0.05) is 46.0 Å². The highest BCUT2D eigenvalue weighted by molar-refractivity contribution is 9.10. The zero-order chi connectivity index (χ0) is 42.8. The van der Waals surface area contributed by atoms with Crippen molar-refractivity contribution in [3.05, 3.63) is 40.9 Å². The molecule has 0 spiro atoms. The second-order valence-electron chi connectivity index (χ2n) is 15.4. The largest absolute Gasteiger partial charge is 0.494 e. The van der Waals surface area contributed by atoms with Crippen LogP contribution in [0.5, 0.6) is 23.0 Å². The summed E-state index contributed by atoms with van der Waals surface area (Å²) < 4.78 is 34.6. The van der Waals surface area contributed by atoms with E-state index in [4.69, 9.17) is 58.9 Å². The average molecular weight is 827 g/mol. The summed E-state index contributed by atoms with van der Waals surface area (Å²) in [6.07, 6.45) is 1.19. The maximum Gasteiger partial charge on any atom is 0.494 e. The average Bonchev–Trinajstić information content (AvgIpc) is 3.27. The SMILES string of the molecule is CC(C)(O)C(C)(C)O.CC(C)(O)C(C)(C)O.COc1ccc(B2OC(C)(C)C(C)(C)O2)cc1OCCCO.COc1ccc(Br)cc1OCCCO.[B][B]. The van der Waals surface area contributed by atoms with Crippen LogP contribution in [0.15, 0.2) is 40.9 Å². The van der Waals surface area contributed by atoms with Gasteiger partial charge in [0.1, 0.15) is 0 Å². The van der Waals surface area contributed by atoms with Crippen molar-refractivity contribution in [2.75, 3.05) is 40.6 Å². The molecule has 54 heavy (non-hydrogen) atoms. The number of benzene rings is 2. The molecule has 306 valence electrons. The minimum absolute atomic E-state index is 0.0965. The topological polar surface area (TPSA) is 177 Å². The highest BCUT2D eigenvalue weighted by atomic mass is 79.9. The van der Waals surface area contributed by atoms with E-state index >= 15 is 0 Å². The molecule has 1 fully saturated rings. The molecule has 0 amide bonds. The molecule has 12 nitrogen and oxygen atoms in total. The van der Waals surface area contributed by atoms with Crippen LogP contribution >= 0.6 is 15.9 Å². The summed E-state index contributed by atoms with van der Waals surface area (Å²) in [4.78, 5) is 0. The Labute approximate surface area is 335 Å². The minimum Gasteiger partial charge on any atom is -0.493 e. The van der Waals surface area contributed by atoms with Crippen molar-refractivity contribution >= 4 is 44.0 Å². The number of hydrogen-bond acceptors (Lipinski definition) is 12. The summed E-state index contributed by atoms with van der Waals surface area (Å²) in [6, 6.07) is 11.2. The van der Waals surface area contributed by atoms with Crippen LogP contribution in [-0.4, -0.2) is 127 Å². The Hall–Kier alpha value is -2.01. The van der Waals surface area contributed by atoms with Gasteiger partial charge in [-0.2, -0.15) is 0 Å². The predicted octanol–water partition coefficient (Wildman–Crippen LogP) is 4.27. The molecule has 1 aliphatic heterocycles. The van der Waals surface area contributed by atoms with Gasteiger partial charge in [0.25, 0.3) is 0 Å². The molecule has 16 heteroatoms. The predicted molar refractivity (Wildman–Crippen MR) is 220 cm³/mol. The van der Waals surface area contributed by atoms with Gasteiger partial charge >= 0.3 is 7.12 Å². The second kappa shape index (κ2) is 23.9. The van der Waals surface area contributed by atoms with E-state index in [0.717, 1.165) is 9.94 Å². The standard InChI is InChI=1S/C16H25BO5.C10H13BrO3.2C6H14O2.B2/c1-15(2)16(3,4)22-17(21-15)12-7-8-13(19-5)14(11-12)20-10-6-9-18;1-13-9-4-3-8(11)7-10(9)14-6-2-5-12;2*1-5(2,7)6(3,4)8;1-2/h7-8,11,18H,6,9-10H2,1-5H3;3-4,7,12H,2,5-6H2,1H3;2*7-8H,1-4H3;. The first kappa shape index (κ1) is 54.1. The minimum atomic E-state index is -1.01. The molecule has 4 radical (unpaired) electrons. The van der Waals surface area contributed by atoms with E-state index < -0.39 is 29.5 Å². The van der Waals surface area contributed by atoms with Gasteiger partial charge < -0.3 is 58.9 Å². The first-order chi connectivity index (χ1) is 24.6. The normalized spacial score (nSPS) is 14.7. The van der Waals surface area contributed by atoms with Gasteiger partial charge in [0.05, 0.1) is 61.0 Å². The van der Waals surface area contributed by atoms with E-state index in [2.05, 4.69) is 31.4 Å². The van der Waals surface area contributed by atoms with E-state index in [1.165, 1.54) is 0 Å². The van der Waals surface area contributed by atoms with Crippen molar-refractivity contribution in [2.24, 2.45) is 0 Å². The fraction of sp³-hybridized carbons (Fsp3) is 0.684. The van der Waals surface area contributed by atoms with Gasteiger partial charge in [-0.3, -0.25) is 0 Å². The summed E-state index contributed by atoms with van der Waals surface area (Å²) in [5.74, 6) is 2.67. The van der Waals surface area contributed by atoms with Crippen molar-refractivity contribution in [3.8, 4) is 23.0 Å². The number of aliphatic hydroxyl groups is 6. The Balaban J connectivity index is 0. The second-order valence-corrected chi connectivity index (χ2v) is 16.3. The van der Waals surface area contributed by atoms with Gasteiger partial charge in [0.15, 0.2) is 23.0 Å². The highest BCUT2D eigenvalue weighted by Crippen LogP contribution is 2.37. The van der Waals surface area contributed by atoms with Crippen LogP contribution in [-0.2, 0) is 9.31 Å². The monoisotopic (exact) mass is 826 g/mol. The number of hydrogen-bond donors (Lipinski definition) is 6. The maximum absolute atomic E-state index is 9.10. The lowest BCUT2D eigenvalue weighted by Crippen LogP contribution is -2.44. The van der Waals surface area contributed by atoms with E-state index in [0.29, 0.717) is 49.1 Å². The van der Waals surface area contributed by atoms with Gasteiger partial charge in [0.2, 0.25) is 0 Å². The number of ether oxygens (including phenoxy) is 4. The van der Waals surface area contributed by atoms with Gasteiger partial charge in [-0.25, -0.2) is 0 Å². The van der Waals surface area contributed by atoms with Crippen LogP contribution in [0.25, 0.3) is 0 Å². The third-order valence-corrected chi connectivity index (χ3v) is 9.45. The molecule has 0 saturated carbocycles. The van der Waals surface area contributed by atoms with Gasteiger partial charge in [-0.05, 0) is 119 Å². The smallest absolute Gasteiger partial charge is 0.493 e. The van der Waals surface area contributed by atoms with Crippen LogP contribution in [0.3, 0.4) is 0 Å². The number of halogens is 1. The van der Waals surface area contributed by atoms with E-state index in [9.17, 15) is 0 Å². The van der Waals surface area contributed by atoms with Crippen molar-refractivity contribution in [3.63, 3.8) is 0 Å². The van der Waals surface area contributed by atoms with Crippen LogP contribution < -0.4 is 24.4 Å². The van der Waals surface area contributed by atoms with E-state index in [-0.39, 0.29) is 24.4 Å². The molecule has 1 aliphatic rings. The van der Waals surface area contributed by atoms with Crippen molar-refractivity contribution < 1.29 is 58.9 Å². The van der Waals surface area contributed by atoms with E-state index in [1.807, 2.05) is 64.1 Å². The van der Waals surface area contributed by atoms with Gasteiger partial charge in [-0.15, -0.1) is 0 Å². The van der Waals surface area contributed by atoms with Crippen molar-refractivity contribution in [1.29, 1.82) is 0 Å². The summed E-state index contributed by atoms with van der Waals surface area (Å²) in [6.45, 7) is 21.9. The molecule has 2 aromatic rings. The first-order valence-corrected chi connectivity index (χ1v) is 18.4. The van der Waals surface area contributed by atoms with Crippen molar-refractivity contribution in [2.45, 2.75) is 130 Å². The number of rotatable bonds is 13. The lowest BCUT2D eigenvalue weighted by Gasteiger charge is -2.32. The Kier molecular flexibility index (Phi) is 24.0. The van der Waals surface area contributed by atoms with Crippen molar-refractivity contribution in [1.82, 2.24) is 0 Å². The Morgan fingerprint density at radius 3 is 1.26 bits per heavy atom. The quantitative estimate of drug-likeness (QED) is 0.125.